The standard InChI is InChI=1S/C10H17N3O/c1-9(2)4-3-7-5-12-13-8(7)10(9,11)6-14/h5,14H,3-4,6,11H2,1-2H3,(H,12,13). The number of nitrogens with two attached hydrogens (primary N) is 1. The van der Waals surface area contributed by atoms with E-state index in [2.05, 4.69) is 24.0 Å². The van der Waals surface area contributed by atoms with Crippen molar-refractivity contribution in [2.45, 2.75) is 32.2 Å². The summed E-state index contributed by atoms with van der Waals surface area (Å²) in [6, 6.07) is 0. The molecule has 4 N–H and O–H groups in total. The van der Waals surface area contributed by atoms with Crippen LogP contribution < -0.4 is 5.73 Å². The van der Waals surface area contributed by atoms with Crippen LogP contribution >= 0.6 is 0 Å². The number of aryl methyl sites for hydroxylation is 1. The van der Waals surface area contributed by atoms with Gasteiger partial charge < -0.3 is 10.8 Å². The Morgan fingerprint density at radius 2 is 2.36 bits per heavy atom. The molecule has 1 aliphatic carbocycles. The van der Waals surface area contributed by atoms with Crippen LogP contribution in [0.4, 0.5) is 0 Å². The summed E-state index contributed by atoms with van der Waals surface area (Å²) < 4.78 is 0. The molecule has 1 unspecified atom stereocenters. The smallest absolute Gasteiger partial charge is 0.0866 e. The van der Waals surface area contributed by atoms with E-state index >= 15 is 0 Å². The van der Waals surface area contributed by atoms with Crippen LogP contribution in [0.25, 0.3) is 0 Å². The second-order valence-electron chi connectivity index (χ2n) is 4.78. The molecular weight excluding hydrogens is 178 g/mol. The Hall–Kier alpha value is -0.870. The summed E-state index contributed by atoms with van der Waals surface area (Å²) in [5, 5.41) is 16.4. The van der Waals surface area contributed by atoms with Crippen molar-refractivity contribution in [3.63, 3.8) is 0 Å². The Morgan fingerprint density at radius 3 is 3.00 bits per heavy atom. The molecule has 0 bridgehead atoms. The van der Waals surface area contributed by atoms with Crippen molar-refractivity contribution in [3.05, 3.63) is 17.5 Å². The average Bonchev–Trinajstić information content (AvgIpc) is 2.60. The molecule has 1 aliphatic rings. The number of nitrogens with one attached hydrogen (secondary N) is 1. The van der Waals surface area contributed by atoms with Gasteiger partial charge in [0.1, 0.15) is 0 Å². The zero-order valence-electron chi connectivity index (χ0n) is 8.67. The van der Waals surface area contributed by atoms with Crippen LogP contribution in [-0.2, 0) is 12.0 Å². The lowest BCUT2D eigenvalue weighted by Gasteiger charge is -2.45. The number of rotatable bonds is 1. The second-order valence-corrected chi connectivity index (χ2v) is 4.78. The van der Waals surface area contributed by atoms with E-state index in [4.69, 9.17) is 5.73 Å². The number of nitrogens with zero attached hydrogens (tertiary/aromatic N) is 1. The number of hydrogen-bond donors (Lipinski definition) is 3. The molecule has 1 atom stereocenters. The molecule has 78 valence electrons. The highest BCUT2D eigenvalue weighted by molar-refractivity contribution is 5.31. The number of H-pyrrole nitrogens is 1. The molecule has 4 heteroatoms. The highest BCUT2D eigenvalue weighted by atomic mass is 16.3. The largest absolute Gasteiger partial charge is 0.394 e. The van der Waals surface area contributed by atoms with E-state index in [-0.39, 0.29) is 12.0 Å². The van der Waals surface area contributed by atoms with Crippen LogP contribution in [0.3, 0.4) is 0 Å². The quantitative estimate of drug-likeness (QED) is 0.612. The van der Waals surface area contributed by atoms with Gasteiger partial charge >= 0.3 is 0 Å². The van der Waals surface area contributed by atoms with Gasteiger partial charge in [-0.1, -0.05) is 13.8 Å². The molecule has 14 heavy (non-hydrogen) atoms. The summed E-state index contributed by atoms with van der Waals surface area (Å²) in [5.41, 5.74) is 7.53. The summed E-state index contributed by atoms with van der Waals surface area (Å²) in [5.74, 6) is 0. The minimum absolute atomic E-state index is 0.0464. The van der Waals surface area contributed by atoms with Crippen LogP contribution in [-0.4, -0.2) is 21.9 Å². The number of aliphatic hydroxyl groups excluding tert-OH is 1. The molecule has 0 aliphatic heterocycles. The summed E-state index contributed by atoms with van der Waals surface area (Å²) >= 11 is 0. The molecule has 1 heterocycles. The molecule has 0 saturated carbocycles. The third kappa shape index (κ3) is 1.04. The minimum atomic E-state index is -0.683. The number of fused-ring (bicyclic) bond motifs is 1. The van der Waals surface area contributed by atoms with Gasteiger partial charge in [-0.3, -0.25) is 5.10 Å². The van der Waals surface area contributed by atoms with Gasteiger partial charge in [-0.15, -0.1) is 0 Å². The lowest BCUT2D eigenvalue weighted by atomic mass is 9.64. The second kappa shape index (κ2) is 2.81. The minimum Gasteiger partial charge on any atom is -0.394 e. The fourth-order valence-electron chi connectivity index (χ4n) is 2.19. The Bertz CT molecular complexity index is 345. The maximum absolute atomic E-state index is 9.48. The molecule has 1 aromatic rings. The molecule has 0 spiro atoms. The first kappa shape index (κ1) is 9.68. The molecule has 1 aromatic heterocycles. The van der Waals surface area contributed by atoms with Crippen LogP contribution in [0, 0.1) is 5.41 Å². The summed E-state index contributed by atoms with van der Waals surface area (Å²) in [7, 11) is 0. The molecule has 4 nitrogen and oxygen atoms in total. The zero-order chi connectivity index (χ0) is 10.4. The Kier molecular flexibility index (Phi) is 1.94. The van der Waals surface area contributed by atoms with E-state index in [0.717, 1.165) is 24.1 Å². The van der Waals surface area contributed by atoms with E-state index in [1.54, 1.807) is 0 Å². The molecule has 2 rings (SSSR count). The molecule has 0 fully saturated rings. The summed E-state index contributed by atoms with van der Waals surface area (Å²) in [6.07, 6.45) is 3.77. The van der Waals surface area contributed by atoms with Crippen molar-refractivity contribution >= 4 is 0 Å². The van der Waals surface area contributed by atoms with E-state index in [1.165, 1.54) is 0 Å². The van der Waals surface area contributed by atoms with Gasteiger partial charge in [-0.25, -0.2) is 0 Å². The molecule has 0 saturated heterocycles. The highest BCUT2D eigenvalue weighted by Gasteiger charge is 2.47. The van der Waals surface area contributed by atoms with E-state index in [9.17, 15) is 5.11 Å². The molecular formula is C10H17N3O. The van der Waals surface area contributed by atoms with E-state index in [0.29, 0.717) is 0 Å². The number of aliphatic hydroxyl groups is 1. The van der Waals surface area contributed by atoms with Crippen molar-refractivity contribution in [2.24, 2.45) is 11.1 Å². The van der Waals surface area contributed by atoms with Crippen LogP contribution in [0.5, 0.6) is 0 Å². The summed E-state index contributed by atoms with van der Waals surface area (Å²) in [6.45, 7) is 4.13. The van der Waals surface area contributed by atoms with Gasteiger partial charge in [0.2, 0.25) is 0 Å². The maximum Gasteiger partial charge on any atom is 0.0866 e. The van der Waals surface area contributed by atoms with E-state index < -0.39 is 5.54 Å². The van der Waals surface area contributed by atoms with Crippen molar-refractivity contribution < 1.29 is 5.11 Å². The Morgan fingerprint density at radius 1 is 1.64 bits per heavy atom. The van der Waals surface area contributed by atoms with Gasteiger partial charge in [-0.2, -0.15) is 5.10 Å². The number of aromatic nitrogens is 2. The maximum atomic E-state index is 9.48. The van der Waals surface area contributed by atoms with Crippen molar-refractivity contribution in [1.82, 2.24) is 10.2 Å². The fraction of sp³-hybridized carbons (Fsp3) is 0.700. The fourth-order valence-corrected chi connectivity index (χ4v) is 2.19. The van der Waals surface area contributed by atoms with Gasteiger partial charge in [0.05, 0.1) is 24.0 Å². The molecule has 0 radical (unpaired) electrons. The van der Waals surface area contributed by atoms with Crippen LogP contribution in [0.1, 0.15) is 31.5 Å². The SMILES string of the molecule is CC1(C)CCc2cn[nH]c2C1(N)CO. The first-order chi connectivity index (χ1) is 6.51. The average molecular weight is 195 g/mol. The first-order valence-corrected chi connectivity index (χ1v) is 4.94. The van der Waals surface area contributed by atoms with Gasteiger partial charge in [0.15, 0.2) is 0 Å². The monoisotopic (exact) mass is 195 g/mol. The van der Waals surface area contributed by atoms with Gasteiger partial charge in [-0.05, 0) is 23.8 Å². The first-order valence-electron chi connectivity index (χ1n) is 4.94. The van der Waals surface area contributed by atoms with Gasteiger partial charge in [0.25, 0.3) is 0 Å². The van der Waals surface area contributed by atoms with Gasteiger partial charge in [0, 0.05) is 0 Å². The molecule has 0 amide bonds. The highest BCUT2D eigenvalue weighted by Crippen LogP contribution is 2.45. The van der Waals surface area contributed by atoms with Crippen LogP contribution in [0.15, 0.2) is 6.20 Å². The molecule has 0 aromatic carbocycles. The predicted molar refractivity (Wildman–Crippen MR) is 53.6 cm³/mol. The lowest BCUT2D eigenvalue weighted by molar-refractivity contribution is 0.0599. The topological polar surface area (TPSA) is 74.9 Å². The zero-order valence-corrected chi connectivity index (χ0v) is 8.67. The number of aromatic amines is 1. The third-order valence-corrected chi connectivity index (χ3v) is 3.64. The lowest BCUT2D eigenvalue weighted by Crippen LogP contribution is -2.55. The number of hydrogen-bond acceptors (Lipinski definition) is 3. The Balaban J connectivity index is 2.55. The van der Waals surface area contributed by atoms with Crippen molar-refractivity contribution in [2.75, 3.05) is 6.61 Å². The Labute approximate surface area is 83.5 Å². The van der Waals surface area contributed by atoms with Crippen molar-refractivity contribution in [3.8, 4) is 0 Å². The summed E-state index contributed by atoms with van der Waals surface area (Å²) in [4.78, 5) is 0. The normalized spacial score (nSPS) is 30.0. The van der Waals surface area contributed by atoms with E-state index in [1.807, 2.05) is 6.20 Å². The van der Waals surface area contributed by atoms with Crippen molar-refractivity contribution in [1.29, 1.82) is 0 Å². The predicted octanol–water partition coefficient (Wildman–Crippen LogP) is 0.528. The third-order valence-electron chi connectivity index (χ3n) is 3.64. The van der Waals surface area contributed by atoms with Crippen LogP contribution in [0.2, 0.25) is 0 Å².